The van der Waals surface area contributed by atoms with Crippen LogP contribution in [-0.4, -0.2) is 11.6 Å². The fourth-order valence-corrected chi connectivity index (χ4v) is 3.59. The highest BCUT2D eigenvalue weighted by atomic mass is 15.0. The van der Waals surface area contributed by atoms with Crippen LogP contribution in [0.25, 0.3) is 0 Å². The predicted molar refractivity (Wildman–Crippen MR) is 70.6 cm³/mol. The first-order chi connectivity index (χ1) is 8.24. The fraction of sp³-hybridized carbons (Fsp3) is 0.933. The Morgan fingerprint density at radius 3 is 2.00 bits per heavy atom. The monoisotopic (exact) mass is 234 g/mol. The van der Waals surface area contributed by atoms with E-state index in [4.69, 9.17) is 0 Å². The van der Waals surface area contributed by atoms with E-state index in [0.29, 0.717) is 12.0 Å². The van der Waals surface area contributed by atoms with Gasteiger partial charge in [-0.05, 0) is 38.5 Å². The van der Waals surface area contributed by atoms with Gasteiger partial charge in [0.05, 0.1) is 6.07 Å². The van der Waals surface area contributed by atoms with Crippen LogP contribution in [0.1, 0.15) is 71.1 Å². The molecule has 1 N–H and O–H groups in total. The molecule has 2 aliphatic carbocycles. The highest BCUT2D eigenvalue weighted by Crippen LogP contribution is 2.33. The zero-order valence-electron chi connectivity index (χ0n) is 11.2. The SMILES string of the molecule is CC(C#N)(NC1CCCCC1)C1CCCCC1. The van der Waals surface area contributed by atoms with Crippen molar-refractivity contribution in [3.05, 3.63) is 0 Å². The third kappa shape index (κ3) is 3.22. The molecule has 0 aromatic rings. The van der Waals surface area contributed by atoms with Gasteiger partial charge in [-0.3, -0.25) is 5.32 Å². The van der Waals surface area contributed by atoms with Crippen LogP contribution >= 0.6 is 0 Å². The zero-order valence-corrected chi connectivity index (χ0v) is 11.2. The van der Waals surface area contributed by atoms with Crippen LogP contribution in [0.2, 0.25) is 0 Å². The molecule has 0 aliphatic heterocycles. The summed E-state index contributed by atoms with van der Waals surface area (Å²) in [6, 6.07) is 3.18. The lowest BCUT2D eigenvalue weighted by Gasteiger charge is -2.39. The minimum Gasteiger partial charge on any atom is -0.297 e. The van der Waals surface area contributed by atoms with E-state index in [-0.39, 0.29) is 5.54 Å². The van der Waals surface area contributed by atoms with Crippen LogP contribution in [0.4, 0.5) is 0 Å². The van der Waals surface area contributed by atoms with Crippen LogP contribution < -0.4 is 5.32 Å². The fourth-order valence-electron chi connectivity index (χ4n) is 3.59. The summed E-state index contributed by atoms with van der Waals surface area (Å²) in [5.41, 5.74) is -0.275. The van der Waals surface area contributed by atoms with Crippen LogP contribution in [-0.2, 0) is 0 Å². The van der Waals surface area contributed by atoms with Gasteiger partial charge in [0.15, 0.2) is 0 Å². The second-order valence-electron chi connectivity index (χ2n) is 6.13. The average Bonchev–Trinajstić information content (AvgIpc) is 2.41. The Labute approximate surface area is 106 Å². The van der Waals surface area contributed by atoms with E-state index < -0.39 is 0 Å². The molecule has 0 heterocycles. The van der Waals surface area contributed by atoms with Crippen LogP contribution in [0.15, 0.2) is 0 Å². The van der Waals surface area contributed by atoms with Crippen molar-refractivity contribution in [3.63, 3.8) is 0 Å². The molecule has 0 saturated heterocycles. The van der Waals surface area contributed by atoms with Gasteiger partial charge < -0.3 is 0 Å². The lowest BCUT2D eigenvalue weighted by molar-refractivity contribution is 0.194. The summed E-state index contributed by atoms with van der Waals surface area (Å²) in [6.07, 6.45) is 13.1. The largest absolute Gasteiger partial charge is 0.297 e. The summed E-state index contributed by atoms with van der Waals surface area (Å²) >= 11 is 0. The maximum atomic E-state index is 9.56. The molecule has 2 rings (SSSR count). The minimum absolute atomic E-state index is 0.275. The van der Waals surface area contributed by atoms with E-state index in [2.05, 4.69) is 18.3 Å². The van der Waals surface area contributed by atoms with E-state index in [0.717, 1.165) is 0 Å². The van der Waals surface area contributed by atoms with Crippen LogP contribution in [0.5, 0.6) is 0 Å². The first kappa shape index (κ1) is 12.9. The molecule has 1 atom stereocenters. The molecule has 0 amide bonds. The van der Waals surface area contributed by atoms with Crippen molar-refractivity contribution >= 4 is 0 Å². The molecule has 96 valence electrons. The van der Waals surface area contributed by atoms with E-state index in [9.17, 15) is 5.26 Å². The average molecular weight is 234 g/mol. The predicted octanol–water partition coefficient (Wildman–Crippen LogP) is 3.77. The van der Waals surface area contributed by atoms with Crippen LogP contribution in [0, 0.1) is 17.2 Å². The molecular formula is C15H26N2. The maximum absolute atomic E-state index is 9.56. The smallest absolute Gasteiger partial charge is 0.106 e. The summed E-state index contributed by atoms with van der Waals surface area (Å²) in [4.78, 5) is 0. The molecular weight excluding hydrogens is 208 g/mol. The quantitative estimate of drug-likeness (QED) is 0.807. The van der Waals surface area contributed by atoms with Gasteiger partial charge in [0.25, 0.3) is 0 Å². The van der Waals surface area contributed by atoms with Gasteiger partial charge in [-0.15, -0.1) is 0 Å². The van der Waals surface area contributed by atoms with Crippen molar-refractivity contribution in [2.75, 3.05) is 0 Å². The molecule has 1 unspecified atom stereocenters. The molecule has 0 radical (unpaired) electrons. The number of nitriles is 1. The molecule has 2 heteroatoms. The Kier molecular flexibility index (Phi) is 4.45. The second kappa shape index (κ2) is 5.87. The summed E-state index contributed by atoms with van der Waals surface area (Å²) in [7, 11) is 0. The molecule has 2 saturated carbocycles. The highest BCUT2D eigenvalue weighted by molar-refractivity contribution is 5.09. The Morgan fingerprint density at radius 2 is 1.47 bits per heavy atom. The Balaban J connectivity index is 1.94. The molecule has 2 aliphatic rings. The van der Waals surface area contributed by atoms with Crippen LogP contribution in [0.3, 0.4) is 0 Å². The zero-order chi connectivity index (χ0) is 12.1. The van der Waals surface area contributed by atoms with Gasteiger partial charge in [0.1, 0.15) is 5.54 Å². The standard InChI is InChI=1S/C15H26N2/c1-15(12-16,13-8-4-2-5-9-13)17-14-10-6-3-7-11-14/h13-14,17H,2-11H2,1H3. The first-order valence-corrected chi connectivity index (χ1v) is 7.43. The summed E-state index contributed by atoms with van der Waals surface area (Å²) in [5, 5.41) is 13.2. The molecule has 0 spiro atoms. The Morgan fingerprint density at radius 1 is 0.941 bits per heavy atom. The van der Waals surface area contributed by atoms with Gasteiger partial charge in [0, 0.05) is 6.04 Å². The van der Waals surface area contributed by atoms with Gasteiger partial charge in [-0.2, -0.15) is 5.26 Å². The normalized spacial score (nSPS) is 27.3. The number of rotatable bonds is 3. The van der Waals surface area contributed by atoms with Crippen molar-refractivity contribution in [2.45, 2.75) is 82.7 Å². The first-order valence-electron chi connectivity index (χ1n) is 7.43. The molecule has 2 fully saturated rings. The maximum Gasteiger partial charge on any atom is 0.106 e. The molecule has 0 bridgehead atoms. The van der Waals surface area contributed by atoms with Crippen molar-refractivity contribution < 1.29 is 0 Å². The van der Waals surface area contributed by atoms with E-state index in [1.807, 2.05) is 0 Å². The summed E-state index contributed by atoms with van der Waals surface area (Å²) in [6.45, 7) is 2.14. The van der Waals surface area contributed by atoms with E-state index in [1.165, 1.54) is 64.2 Å². The van der Waals surface area contributed by atoms with Crippen molar-refractivity contribution in [3.8, 4) is 6.07 Å². The van der Waals surface area contributed by atoms with Crippen molar-refractivity contribution in [2.24, 2.45) is 5.92 Å². The van der Waals surface area contributed by atoms with Gasteiger partial charge in [0.2, 0.25) is 0 Å². The number of hydrogen-bond acceptors (Lipinski definition) is 2. The number of nitrogens with zero attached hydrogens (tertiary/aromatic N) is 1. The van der Waals surface area contributed by atoms with Crippen molar-refractivity contribution in [1.29, 1.82) is 5.26 Å². The third-order valence-electron chi connectivity index (χ3n) is 4.76. The minimum atomic E-state index is -0.275. The molecule has 17 heavy (non-hydrogen) atoms. The topological polar surface area (TPSA) is 35.8 Å². The summed E-state index contributed by atoms with van der Waals surface area (Å²) in [5.74, 6) is 0.572. The number of nitrogens with one attached hydrogen (secondary N) is 1. The lowest BCUT2D eigenvalue weighted by atomic mass is 9.75. The highest BCUT2D eigenvalue weighted by Gasteiger charge is 2.36. The third-order valence-corrected chi connectivity index (χ3v) is 4.76. The van der Waals surface area contributed by atoms with Crippen molar-refractivity contribution in [1.82, 2.24) is 5.32 Å². The number of hydrogen-bond donors (Lipinski definition) is 1. The Bertz CT molecular complexity index is 269. The molecule has 0 aromatic carbocycles. The lowest BCUT2D eigenvalue weighted by Crippen LogP contribution is -2.53. The van der Waals surface area contributed by atoms with E-state index >= 15 is 0 Å². The molecule has 2 nitrogen and oxygen atoms in total. The Hall–Kier alpha value is -0.550. The van der Waals surface area contributed by atoms with Gasteiger partial charge in [-0.1, -0.05) is 38.5 Å². The summed E-state index contributed by atoms with van der Waals surface area (Å²) < 4.78 is 0. The second-order valence-corrected chi connectivity index (χ2v) is 6.13. The van der Waals surface area contributed by atoms with Gasteiger partial charge >= 0.3 is 0 Å². The van der Waals surface area contributed by atoms with Gasteiger partial charge in [-0.25, -0.2) is 0 Å². The van der Waals surface area contributed by atoms with E-state index in [1.54, 1.807) is 0 Å². The molecule has 0 aromatic heterocycles.